The summed E-state index contributed by atoms with van der Waals surface area (Å²) >= 11 is 3.24. The van der Waals surface area contributed by atoms with Crippen molar-refractivity contribution in [3.05, 3.63) is 50.7 Å². The highest BCUT2D eigenvalue weighted by atomic mass is 79.9. The van der Waals surface area contributed by atoms with Crippen molar-refractivity contribution in [2.24, 2.45) is 0 Å². The topological polar surface area (TPSA) is 101 Å². The highest BCUT2D eigenvalue weighted by Crippen LogP contribution is 2.20. The second kappa shape index (κ2) is 5.01. The smallest absolute Gasteiger partial charge is 0.264 e. The van der Waals surface area contributed by atoms with Gasteiger partial charge >= 0.3 is 0 Å². The van der Waals surface area contributed by atoms with Gasteiger partial charge < -0.3 is 11.1 Å². The first-order valence-electron chi connectivity index (χ1n) is 4.98. The minimum absolute atomic E-state index is 0.271. The van der Waals surface area contributed by atoms with Crippen LogP contribution in [-0.2, 0) is 0 Å². The fourth-order valence-electron chi connectivity index (χ4n) is 1.27. The second-order valence-corrected chi connectivity index (χ2v) is 4.35. The predicted molar refractivity (Wildman–Crippen MR) is 71.4 cm³/mol. The Kier molecular flexibility index (Phi) is 3.42. The highest BCUT2D eigenvalue weighted by molar-refractivity contribution is 9.10. The molecule has 18 heavy (non-hydrogen) atoms. The summed E-state index contributed by atoms with van der Waals surface area (Å²) in [5, 5.41) is 8.46. The standard InChI is InChI=1S/C11H9BrN4O2/c12-7-5-6(1-2-8(7)13)11(18)14-9-3-4-10(17)16-15-9/h1-5H,13H2,(H,16,17)(H,14,15,18). The Labute approximate surface area is 110 Å². The zero-order chi connectivity index (χ0) is 13.1. The van der Waals surface area contributed by atoms with Crippen LogP contribution in [0.2, 0.25) is 0 Å². The van der Waals surface area contributed by atoms with Crippen LogP contribution in [0.15, 0.2) is 39.6 Å². The summed E-state index contributed by atoms with van der Waals surface area (Å²) in [6.45, 7) is 0. The van der Waals surface area contributed by atoms with Crippen molar-refractivity contribution in [3.63, 3.8) is 0 Å². The summed E-state index contributed by atoms with van der Waals surface area (Å²) in [6, 6.07) is 7.53. The third-order valence-corrected chi connectivity index (χ3v) is 2.87. The number of H-pyrrole nitrogens is 1. The van der Waals surface area contributed by atoms with Crippen LogP contribution in [0.4, 0.5) is 11.5 Å². The minimum atomic E-state index is -0.338. The molecule has 0 fully saturated rings. The van der Waals surface area contributed by atoms with Crippen molar-refractivity contribution in [1.82, 2.24) is 10.2 Å². The molecule has 0 saturated carbocycles. The monoisotopic (exact) mass is 308 g/mol. The number of carbonyl (C=O) groups is 1. The Bertz CT molecular complexity index is 633. The number of hydrogen-bond donors (Lipinski definition) is 3. The molecule has 1 amide bonds. The number of nitrogens with zero attached hydrogens (tertiary/aromatic N) is 1. The minimum Gasteiger partial charge on any atom is -0.398 e. The lowest BCUT2D eigenvalue weighted by molar-refractivity contribution is 0.102. The van der Waals surface area contributed by atoms with E-state index < -0.39 is 0 Å². The van der Waals surface area contributed by atoms with Gasteiger partial charge in [0.1, 0.15) is 0 Å². The quantitative estimate of drug-likeness (QED) is 0.729. The van der Waals surface area contributed by atoms with Crippen LogP contribution in [0.1, 0.15) is 10.4 Å². The summed E-state index contributed by atoms with van der Waals surface area (Å²) < 4.78 is 0.643. The van der Waals surface area contributed by atoms with E-state index >= 15 is 0 Å². The number of hydrogen-bond acceptors (Lipinski definition) is 4. The van der Waals surface area contributed by atoms with Gasteiger partial charge in [-0.3, -0.25) is 9.59 Å². The van der Waals surface area contributed by atoms with E-state index in [4.69, 9.17) is 5.73 Å². The molecule has 1 aromatic carbocycles. The fraction of sp³-hybridized carbons (Fsp3) is 0. The Balaban J connectivity index is 2.19. The summed E-state index contributed by atoms with van der Waals surface area (Å²) in [5.74, 6) is -0.0669. The van der Waals surface area contributed by atoms with Gasteiger partial charge in [-0.15, -0.1) is 0 Å². The van der Waals surface area contributed by atoms with E-state index in [1.165, 1.54) is 12.1 Å². The largest absolute Gasteiger partial charge is 0.398 e. The average Bonchev–Trinajstić information content (AvgIpc) is 2.35. The fourth-order valence-corrected chi connectivity index (χ4v) is 1.65. The predicted octanol–water partition coefficient (Wildman–Crippen LogP) is 1.37. The van der Waals surface area contributed by atoms with Crippen LogP contribution in [0.25, 0.3) is 0 Å². The molecule has 92 valence electrons. The molecule has 0 aliphatic rings. The molecular weight excluding hydrogens is 300 g/mol. The van der Waals surface area contributed by atoms with Crippen LogP contribution in [0, 0.1) is 0 Å². The normalized spacial score (nSPS) is 10.1. The lowest BCUT2D eigenvalue weighted by atomic mass is 10.2. The van der Waals surface area contributed by atoms with E-state index in [9.17, 15) is 9.59 Å². The van der Waals surface area contributed by atoms with E-state index in [1.807, 2.05) is 0 Å². The van der Waals surface area contributed by atoms with Gasteiger partial charge in [0.15, 0.2) is 5.82 Å². The molecule has 0 aliphatic heterocycles. The van der Waals surface area contributed by atoms with Gasteiger partial charge in [-0.2, -0.15) is 5.10 Å². The van der Waals surface area contributed by atoms with Gasteiger partial charge in [-0.1, -0.05) is 0 Å². The molecule has 0 spiro atoms. The lowest BCUT2D eigenvalue weighted by Crippen LogP contribution is -2.15. The van der Waals surface area contributed by atoms with Crippen molar-refractivity contribution in [3.8, 4) is 0 Å². The molecule has 2 rings (SSSR count). The number of benzene rings is 1. The number of amides is 1. The number of nitrogens with one attached hydrogen (secondary N) is 2. The molecule has 6 nitrogen and oxygen atoms in total. The summed E-state index contributed by atoms with van der Waals surface area (Å²) in [5.41, 5.74) is 6.28. The third-order valence-electron chi connectivity index (χ3n) is 2.18. The van der Waals surface area contributed by atoms with Crippen LogP contribution < -0.4 is 16.6 Å². The van der Waals surface area contributed by atoms with Crippen molar-refractivity contribution >= 4 is 33.3 Å². The van der Waals surface area contributed by atoms with Gasteiger partial charge in [0, 0.05) is 21.8 Å². The molecule has 2 aromatic rings. The molecule has 0 aliphatic carbocycles. The zero-order valence-electron chi connectivity index (χ0n) is 9.11. The van der Waals surface area contributed by atoms with E-state index in [0.717, 1.165) is 0 Å². The highest BCUT2D eigenvalue weighted by Gasteiger charge is 2.08. The first-order valence-corrected chi connectivity index (χ1v) is 5.77. The maximum absolute atomic E-state index is 11.9. The van der Waals surface area contributed by atoms with Crippen molar-refractivity contribution in [1.29, 1.82) is 0 Å². The molecule has 0 unspecified atom stereocenters. The summed E-state index contributed by atoms with van der Waals surface area (Å²) in [7, 11) is 0. The zero-order valence-corrected chi connectivity index (χ0v) is 10.7. The van der Waals surface area contributed by atoms with E-state index in [2.05, 4.69) is 31.4 Å². The number of aromatic nitrogens is 2. The molecule has 1 heterocycles. The number of halogens is 1. The number of aromatic amines is 1. The number of nitrogen functional groups attached to an aromatic ring is 1. The van der Waals surface area contributed by atoms with Crippen LogP contribution >= 0.6 is 15.9 Å². The molecule has 0 atom stereocenters. The Morgan fingerprint density at radius 2 is 2.11 bits per heavy atom. The number of anilines is 2. The average molecular weight is 309 g/mol. The van der Waals surface area contributed by atoms with Gasteiger partial charge in [-0.05, 0) is 40.2 Å². The Morgan fingerprint density at radius 1 is 1.33 bits per heavy atom. The van der Waals surface area contributed by atoms with Crippen molar-refractivity contribution in [2.75, 3.05) is 11.1 Å². The molecule has 7 heteroatoms. The summed E-state index contributed by atoms with van der Waals surface area (Å²) in [4.78, 5) is 22.7. The number of nitrogens with two attached hydrogens (primary N) is 1. The van der Waals surface area contributed by atoms with E-state index in [-0.39, 0.29) is 17.3 Å². The van der Waals surface area contributed by atoms with Gasteiger partial charge in [0.25, 0.3) is 11.5 Å². The van der Waals surface area contributed by atoms with Crippen LogP contribution in [-0.4, -0.2) is 16.1 Å². The van der Waals surface area contributed by atoms with Gasteiger partial charge in [0.05, 0.1) is 0 Å². The first kappa shape index (κ1) is 12.3. The van der Waals surface area contributed by atoms with E-state index in [0.29, 0.717) is 15.7 Å². The molecule has 0 saturated heterocycles. The molecule has 0 bridgehead atoms. The lowest BCUT2D eigenvalue weighted by Gasteiger charge is -2.05. The van der Waals surface area contributed by atoms with Gasteiger partial charge in [0.2, 0.25) is 0 Å². The maximum Gasteiger partial charge on any atom is 0.264 e. The molecular formula is C11H9BrN4O2. The second-order valence-electron chi connectivity index (χ2n) is 3.50. The van der Waals surface area contributed by atoms with Crippen LogP contribution in [0.3, 0.4) is 0 Å². The number of carbonyl (C=O) groups excluding carboxylic acids is 1. The Morgan fingerprint density at radius 3 is 2.72 bits per heavy atom. The number of rotatable bonds is 2. The Hall–Kier alpha value is -2.15. The third kappa shape index (κ3) is 2.75. The van der Waals surface area contributed by atoms with Crippen LogP contribution in [0.5, 0.6) is 0 Å². The van der Waals surface area contributed by atoms with Crippen molar-refractivity contribution in [2.45, 2.75) is 0 Å². The SMILES string of the molecule is Nc1ccc(C(=O)Nc2ccc(=O)[nH]n2)cc1Br. The van der Waals surface area contributed by atoms with Gasteiger partial charge in [-0.25, -0.2) is 5.10 Å². The first-order chi connectivity index (χ1) is 8.56. The summed E-state index contributed by atoms with van der Waals surface area (Å²) in [6.07, 6.45) is 0. The molecule has 0 radical (unpaired) electrons. The van der Waals surface area contributed by atoms with Crippen molar-refractivity contribution < 1.29 is 4.79 Å². The molecule has 1 aromatic heterocycles. The van der Waals surface area contributed by atoms with E-state index in [1.54, 1.807) is 18.2 Å². The molecule has 4 N–H and O–H groups in total. The maximum atomic E-state index is 11.9.